The minimum absolute atomic E-state index is 0.209. The minimum Gasteiger partial charge on any atom is -0.366 e. The lowest BCUT2D eigenvalue weighted by molar-refractivity contribution is 0.100. The van der Waals surface area contributed by atoms with Crippen LogP contribution in [0.2, 0.25) is 0 Å². The average Bonchev–Trinajstić information content (AvgIpc) is 2.56. The lowest BCUT2D eigenvalue weighted by atomic mass is 10.2. The van der Waals surface area contributed by atoms with E-state index in [2.05, 4.69) is 0 Å². The molecule has 0 fully saturated rings. The summed E-state index contributed by atoms with van der Waals surface area (Å²) in [5.41, 5.74) is 5.86. The van der Waals surface area contributed by atoms with Crippen molar-refractivity contribution in [2.45, 2.75) is 0 Å². The summed E-state index contributed by atoms with van der Waals surface area (Å²) in [7, 11) is -3.43. The van der Waals surface area contributed by atoms with Gasteiger partial charge in [-0.1, -0.05) is 18.2 Å². The molecule has 0 atom stereocenters. The second-order valence-electron chi connectivity index (χ2n) is 3.48. The molecule has 6 heteroatoms. The molecule has 0 unspecified atom stereocenters. The molecule has 1 amide bonds. The zero-order chi connectivity index (χ0) is 11.9. The SMILES string of the molecule is CS(=O)(=O)n1cc(C(N)=O)c2ccccc21. The van der Waals surface area contributed by atoms with E-state index in [0.717, 1.165) is 10.2 Å². The topological polar surface area (TPSA) is 82.2 Å². The normalized spacial score (nSPS) is 11.8. The van der Waals surface area contributed by atoms with E-state index in [1.165, 1.54) is 6.20 Å². The average molecular weight is 238 g/mol. The third-order valence-electron chi connectivity index (χ3n) is 2.30. The van der Waals surface area contributed by atoms with Gasteiger partial charge in [-0.05, 0) is 6.07 Å². The van der Waals surface area contributed by atoms with Crippen molar-refractivity contribution in [2.75, 3.05) is 6.26 Å². The van der Waals surface area contributed by atoms with Crippen molar-refractivity contribution in [3.63, 3.8) is 0 Å². The molecule has 0 saturated heterocycles. The molecule has 2 aromatic rings. The predicted octanol–water partition coefficient (Wildman–Crippen LogP) is 0.548. The molecule has 0 aliphatic carbocycles. The summed E-state index contributed by atoms with van der Waals surface area (Å²) in [6.07, 6.45) is 2.33. The molecule has 0 radical (unpaired) electrons. The number of nitrogens with zero attached hydrogens (tertiary/aromatic N) is 1. The summed E-state index contributed by atoms with van der Waals surface area (Å²) in [5.74, 6) is -0.640. The minimum atomic E-state index is -3.43. The molecule has 1 aromatic carbocycles. The van der Waals surface area contributed by atoms with Crippen LogP contribution in [0.5, 0.6) is 0 Å². The summed E-state index contributed by atoms with van der Waals surface area (Å²) < 4.78 is 24.0. The van der Waals surface area contributed by atoms with Crippen LogP contribution in [-0.4, -0.2) is 24.6 Å². The molecular formula is C10H10N2O3S. The molecule has 16 heavy (non-hydrogen) atoms. The Bertz CT molecular complexity index is 670. The van der Waals surface area contributed by atoms with Gasteiger partial charge in [0.25, 0.3) is 5.91 Å². The third kappa shape index (κ3) is 1.57. The van der Waals surface area contributed by atoms with Gasteiger partial charge in [0.1, 0.15) is 0 Å². The number of aromatic nitrogens is 1. The highest BCUT2D eigenvalue weighted by Crippen LogP contribution is 2.21. The van der Waals surface area contributed by atoms with E-state index in [-0.39, 0.29) is 5.56 Å². The van der Waals surface area contributed by atoms with E-state index in [4.69, 9.17) is 5.73 Å². The Labute approximate surface area is 92.5 Å². The number of primary amides is 1. The zero-order valence-electron chi connectivity index (χ0n) is 8.54. The van der Waals surface area contributed by atoms with Crippen LogP contribution in [0, 0.1) is 0 Å². The molecule has 1 aromatic heterocycles. The fraction of sp³-hybridized carbons (Fsp3) is 0.100. The van der Waals surface area contributed by atoms with Crippen LogP contribution in [0.15, 0.2) is 30.5 Å². The number of para-hydroxylation sites is 1. The molecule has 0 aliphatic rings. The highest BCUT2D eigenvalue weighted by atomic mass is 32.2. The van der Waals surface area contributed by atoms with Crippen LogP contribution in [-0.2, 0) is 10.0 Å². The highest BCUT2D eigenvalue weighted by molar-refractivity contribution is 7.89. The first kappa shape index (κ1) is 10.7. The van der Waals surface area contributed by atoms with Gasteiger partial charge in [-0.3, -0.25) is 4.79 Å². The zero-order valence-corrected chi connectivity index (χ0v) is 9.36. The van der Waals surface area contributed by atoms with Crippen molar-refractivity contribution in [1.29, 1.82) is 0 Å². The molecule has 0 bridgehead atoms. The summed E-state index contributed by atoms with van der Waals surface area (Å²) in [5, 5.41) is 0.542. The Balaban J connectivity index is 2.93. The number of hydrogen-bond donors (Lipinski definition) is 1. The van der Waals surface area contributed by atoms with Crippen LogP contribution < -0.4 is 5.73 Å². The molecule has 1 heterocycles. The number of hydrogen-bond acceptors (Lipinski definition) is 3. The first-order chi connectivity index (χ1) is 7.41. The molecule has 84 valence electrons. The largest absolute Gasteiger partial charge is 0.366 e. The van der Waals surface area contributed by atoms with Crippen molar-refractivity contribution in [2.24, 2.45) is 5.73 Å². The van der Waals surface area contributed by atoms with Gasteiger partial charge in [0.05, 0.1) is 17.3 Å². The Morgan fingerprint density at radius 3 is 2.50 bits per heavy atom. The van der Waals surface area contributed by atoms with Crippen molar-refractivity contribution in [3.05, 3.63) is 36.0 Å². The van der Waals surface area contributed by atoms with Crippen LogP contribution in [0.3, 0.4) is 0 Å². The van der Waals surface area contributed by atoms with E-state index in [1.807, 2.05) is 0 Å². The van der Waals surface area contributed by atoms with Gasteiger partial charge in [0.2, 0.25) is 10.0 Å². The molecule has 0 spiro atoms. The number of benzene rings is 1. The lowest BCUT2D eigenvalue weighted by Crippen LogP contribution is -2.11. The third-order valence-corrected chi connectivity index (χ3v) is 3.32. The summed E-state index contributed by atoms with van der Waals surface area (Å²) >= 11 is 0. The van der Waals surface area contributed by atoms with Gasteiger partial charge in [0.15, 0.2) is 0 Å². The van der Waals surface area contributed by atoms with E-state index < -0.39 is 15.9 Å². The Hall–Kier alpha value is -1.82. The second-order valence-corrected chi connectivity index (χ2v) is 5.34. The molecule has 0 saturated carbocycles. The number of fused-ring (bicyclic) bond motifs is 1. The second kappa shape index (κ2) is 3.34. The summed E-state index contributed by atoms with van der Waals surface area (Å²) in [6.45, 7) is 0. The van der Waals surface area contributed by atoms with E-state index in [9.17, 15) is 13.2 Å². The summed E-state index contributed by atoms with van der Waals surface area (Å²) in [6, 6.07) is 6.72. The van der Waals surface area contributed by atoms with Gasteiger partial charge < -0.3 is 5.73 Å². The monoisotopic (exact) mass is 238 g/mol. The van der Waals surface area contributed by atoms with E-state index in [0.29, 0.717) is 10.9 Å². The first-order valence-corrected chi connectivity index (χ1v) is 6.36. The number of carbonyl (C=O) groups is 1. The van der Waals surface area contributed by atoms with Crippen LogP contribution >= 0.6 is 0 Å². The maximum Gasteiger partial charge on any atom is 0.250 e. The number of carbonyl (C=O) groups excluding carboxylic acids is 1. The van der Waals surface area contributed by atoms with Gasteiger partial charge >= 0.3 is 0 Å². The number of rotatable bonds is 2. The molecule has 5 nitrogen and oxygen atoms in total. The van der Waals surface area contributed by atoms with Crippen LogP contribution in [0.4, 0.5) is 0 Å². The maximum absolute atomic E-state index is 11.5. The quantitative estimate of drug-likeness (QED) is 0.829. The Morgan fingerprint density at radius 1 is 1.31 bits per heavy atom. The summed E-state index contributed by atoms with van der Waals surface area (Å²) in [4.78, 5) is 11.2. The van der Waals surface area contributed by atoms with Crippen LogP contribution in [0.25, 0.3) is 10.9 Å². The Morgan fingerprint density at radius 2 is 1.94 bits per heavy atom. The molecule has 2 N–H and O–H groups in total. The highest BCUT2D eigenvalue weighted by Gasteiger charge is 2.16. The fourth-order valence-electron chi connectivity index (χ4n) is 1.62. The van der Waals surface area contributed by atoms with Gasteiger partial charge in [-0.15, -0.1) is 0 Å². The molecular weight excluding hydrogens is 228 g/mol. The Kier molecular flexibility index (Phi) is 2.23. The fourth-order valence-corrected chi connectivity index (χ4v) is 2.43. The van der Waals surface area contributed by atoms with Crippen molar-refractivity contribution in [3.8, 4) is 0 Å². The van der Waals surface area contributed by atoms with Gasteiger partial charge in [-0.25, -0.2) is 12.4 Å². The standard InChI is InChI=1S/C10H10N2O3S/c1-16(14,15)12-6-8(10(11)13)7-4-2-3-5-9(7)12/h2-6H,1H3,(H2,11,13). The smallest absolute Gasteiger partial charge is 0.250 e. The lowest BCUT2D eigenvalue weighted by Gasteiger charge is -2.00. The first-order valence-electron chi connectivity index (χ1n) is 4.51. The molecule has 0 aliphatic heterocycles. The maximum atomic E-state index is 11.5. The number of nitrogens with two attached hydrogens (primary N) is 1. The van der Waals surface area contributed by atoms with Crippen LogP contribution in [0.1, 0.15) is 10.4 Å². The number of amides is 1. The van der Waals surface area contributed by atoms with Crippen molar-refractivity contribution in [1.82, 2.24) is 3.97 Å². The molecule has 2 rings (SSSR count). The van der Waals surface area contributed by atoms with Crippen molar-refractivity contribution < 1.29 is 13.2 Å². The van der Waals surface area contributed by atoms with Gasteiger partial charge in [-0.2, -0.15) is 0 Å². The van der Waals surface area contributed by atoms with E-state index in [1.54, 1.807) is 24.3 Å². The van der Waals surface area contributed by atoms with Crippen molar-refractivity contribution >= 4 is 26.8 Å². The van der Waals surface area contributed by atoms with Gasteiger partial charge in [0, 0.05) is 11.6 Å². The van der Waals surface area contributed by atoms with E-state index >= 15 is 0 Å². The predicted molar refractivity (Wildman–Crippen MR) is 60.7 cm³/mol.